The third-order valence-corrected chi connectivity index (χ3v) is 6.28. The molecular weight excluding hydrogens is 459 g/mol. The van der Waals surface area contributed by atoms with Gasteiger partial charge in [-0.2, -0.15) is 0 Å². The second kappa shape index (κ2) is 9.29. The molecule has 2 heterocycles. The standard InChI is InChI=1S/C23H29IN4/c1-25-17-28(14-13-27-11-3-2-4-12-27)21-8-5-18(6-9-21)23-16-19-15-20(24)7-10-22(19)26-23/h5-10,15-16,25-26H,2-4,11-14,17H2,1H3. The minimum absolute atomic E-state index is 0.873. The lowest BCUT2D eigenvalue weighted by molar-refractivity contribution is 0.233. The first-order valence-electron chi connectivity index (χ1n) is 10.2. The lowest BCUT2D eigenvalue weighted by Gasteiger charge is -2.31. The minimum Gasteiger partial charge on any atom is -0.357 e. The van der Waals surface area contributed by atoms with Crippen LogP contribution in [-0.4, -0.2) is 49.8 Å². The van der Waals surface area contributed by atoms with Crippen molar-refractivity contribution in [2.45, 2.75) is 19.3 Å². The lowest BCUT2D eigenvalue weighted by Crippen LogP contribution is -2.40. The molecule has 0 amide bonds. The van der Waals surface area contributed by atoms with Crippen LogP contribution >= 0.6 is 22.6 Å². The van der Waals surface area contributed by atoms with Crippen molar-refractivity contribution in [3.63, 3.8) is 0 Å². The van der Waals surface area contributed by atoms with E-state index in [2.05, 4.69) is 91.2 Å². The molecule has 2 N–H and O–H groups in total. The molecule has 1 aliphatic rings. The monoisotopic (exact) mass is 488 g/mol. The fourth-order valence-electron chi connectivity index (χ4n) is 4.05. The van der Waals surface area contributed by atoms with Gasteiger partial charge in [0.25, 0.3) is 0 Å². The predicted octanol–water partition coefficient (Wildman–Crippen LogP) is 4.91. The zero-order chi connectivity index (χ0) is 19.3. The number of nitrogens with one attached hydrogen (secondary N) is 2. The number of hydrogen-bond donors (Lipinski definition) is 2. The maximum atomic E-state index is 3.55. The largest absolute Gasteiger partial charge is 0.357 e. The number of rotatable bonds is 7. The molecule has 5 heteroatoms. The van der Waals surface area contributed by atoms with Gasteiger partial charge in [-0.25, -0.2) is 0 Å². The average molecular weight is 488 g/mol. The van der Waals surface area contributed by atoms with Gasteiger partial charge in [0.05, 0.1) is 6.67 Å². The van der Waals surface area contributed by atoms with Gasteiger partial charge in [-0.05, 0) is 97.5 Å². The van der Waals surface area contributed by atoms with E-state index in [1.807, 2.05) is 7.05 Å². The number of piperidine rings is 1. The number of anilines is 1. The molecule has 1 fully saturated rings. The van der Waals surface area contributed by atoms with Crippen LogP contribution in [0.3, 0.4) is 0 Å². The number of aromatic nitrogens is 1. The van der Waals surface area contributed by atoms with Crippen LogP contribution in [0.25, 0.3) is 22.2 Å². The summed E-state index contributed by atoms with van der Waals surface area (Å²) in [5.74, 6) is 0. The molecule has 1 saturated heterocycles. The van der Waals surface area contributed by atoms with Crippen molar-refractivity contribution < 1.29 is 0 Å². The number of halogens is 1. The Balaban J connectivity index is 1.47. The molecular formula is C23H29IN4. The highest BCUT2D eigenvalue weighted by atomic mass is 127. The second-order valence-electron chi connectivity index (χ2n) is 7.64. The molecule has 0 spiro atoms. The van der Waals surface area contributed by atoms with Crippen LogP contribution in [-0.2, 0) is 0 Å². The van der Waals surface area contributed by atoms with Gasteiger partial charge < -0.3 is 20.1 Å². The predicted molar refractivity (Wildman–Crippen MR) is 128 cm³/mol. The summed E-state index contributed by atoms with van der Waals surface area (Å²) in [4.78, 5) is 8.59. The third-order valence-electron chi connectivity index (χ3n) is 5.61. The van der Waals surface area contributed by atoms with Gasteiger partial charge in [-0.15, -0.1) is 0 Å². The van der Waals surface area contributed by atoms with Crippen LogP contribution < -0.4 is 10.2 Å². The normalized spacial score (nSPS) is 15.2. The molecule has 1 aromatic heterocycles. The van der Waals surface area contributed by atoms with Gasteiger partial charge in [0.15, 0.2) is 0 Å². The van der Waals surface area contributed by atoms with Crippen LogP contribution in [0.5, 0.6) is 0 Å². The summed E-state index contributed by atoms with van der Waals surface area (Å²) in [6.45, 7) is 5.59. The van der Waals surface area contributed by atoms with Gasteiger partial charge in [0.1, 0.15) is 0 Å². The first-order valence-corrected chi connectivity index (χ1v) is 11.3. The number of benzene rings is 2. The molecule has 0 unspecified atom stereocenters. The van der Waals surface area contributed by atoms with Gasteiger partial charge in [-0.1, -0.05) is 18.6 Å². The fraction of sp³-hybridized carbons (Fsp3) is 0.391. The van der Waals surface area contributed by atoms with Crippen LogP contribution in [0.1, 0.15) is 19.3 Å². The van der Waals surface area contributed by atoms with E-state index in [4.69, 9.17) is 0 Å². The maximum absolute atomic E-state index is 3.55. The van der Waals surface area contributed by atoms with Gasteiger partial charge >= 0.3 is 0 Å². The quantitative estimate of drug-likeness (QED) is 0.367. The van der Waals surface area contributed by atoms with Crippen molar-refractivity contribution in [2.24, 2.45) is 0 Å². The molecule has 4 rings (SSSR count). The number of likely N-dealkylation sites (tertiary alicyclic amines) is 1. The van der Waals surface area contributed by atoms with Crippen LogP contribution in [0.15, 0.2) is 48.5 Å². The van der Waals surface area contributed by atoms with E-state index in [1.54, 1.807) is 0 Å². The maximum Gasteiger partial charge on any atom is 0.0680 e. The molecule has 0 saturated carbocycles. The Morgan fingerprint density at radius 1 is 1.04 bits per heavy atom. The Bertz CT molecular complexity index is 897. The number of aromatic amines is 1. The zero-order valence-corrected chi connectivity index (χ0v) is 18.7. The summed E-state index contributed by atoms with van der Waals surface area (Å²) in [6, 6.07) is 17.7. The van der Waals surface area contributed by atoms with Gasteiger partial charge in [-0.3, -0.25) is 0 Å². The molecule has 3 aromatic rings. The molecule has 2 aromatic carbocycles. The Morgan fingerprint density at radius 2 is 1.82 bits per heavy atom. The number of H-pyrrole nitrogens is 1. The highest BCUT2D eigenvalue weighted by Gasteiger charge is 2.13. The van der Waals surface area contributed by atoms with E-state index in [1.165, 1.54) is 63.8 Å². The molecule has 4 nitrogen and oxygen atoms in total. The van der Waals surface area contributed by atoms with E-state index in [0.717, 1.165) is 19.8 Å². The summed E-state index contributed by atoms with van der Waals surface area (Å²) in [5, 5.41) is 4.59. The number of fused-ring (bicyclic) bond motifs is 1. The average Bonchev–Trinajstić information content (AvgIpc) is 3.15. The molecule has 0 aliphatic carbocycles. The van der Waals surface area contributed by atoms with Crippen molar-refractivity contribution >= 4 is 39.2 Å². The van der Waals surface area contributed by atoms with E-state index in [-0.39, 0.29) is 0 Å². The molecule has 1 aliphatic heterocycles. The highest BCUT2D eigenvalue weighted by molar-refractivity contribution is 14.1. The van der Waals surface area contributed by atoms with Crippen LogP contribution in [0, 0.1) is 3.57 Å². The molecule has 148 valence electrons. The second-order valence-corrected chi connectivity index (χ2v) is 8.88. The minimum atomic E-state index is 0.873. The topological polar surface area (TPSA) is 34.3 Å². The highest BCUT2D eigenvalue weighted by Crippen LogP contribution is 2.27. The zero-order valence-electron chi connectivity index (χ0n) is 16.5. The van der Waals surface area contributed by atoms with Gasteiger partial charge in [0, 0.05) is 38.9 Å². The third kappa shape index (κ3) is 4.70. The smallest absolute Gasteiger partial charge is 0.0680 e. The summed E-state index contributed by atoms with van der Waals surface area (Å²) < 4.78 is 1.27. The Kier molecular flexibility index (Phi) is 6.54. The molecule has 0 radical (unpaired) electrons. The lowest BCUT2D eigenvalue weighted by atomic mass is 10.1. The first-order chi connectivity index (χ1) is 13.7. The van der Waals surface area contributed by atoms with E-state index in [9.17, 15) is 0 Å². The molecule has 0 atom stereocenters. The van der Waals surface area contributed by atoms with Crippen molar-refractivity contribution in [3.8, 4) is 11.3 Å². The SMILES string of the molecule is CNCN(CCN1CCCCC1)c1ccc(-c2cc3cc(I)ccc3[nH]2)cc1. The summed E-state index contributed by atoms with van der Waals surface area (Å²) in [6.07, 6.45) is 4.10. The number of nitrogens with zero attached hydrogens (tertiary/aromatic N) is 2. The van der Waals surface area contributed by atoms with Crippen molar-refractivity contribution in [3.05, 3.63) is 52.1 Å². The Morgan fingerprint density at radius 3 is 2.57 bits per heavy atom. The van der Waals surface area contributed by atoms with Crippen LogP contribution in [0.2, 0.25) is 0 Å². The van der Waals surface area contributed by atoms with Crippen molar-refractivity contribution in [2.75, 3.05) is 44.8 Å². The van der Waals surface area contributed by atoms with Crippen molar-refractivity contribution in [1.29, 1.82) is 0 Å². The molecule has 0 bridgehead atoms. The fourth-order valence-corrected chi connectivity index (χ4v) is 4.56. The number of hydrogen-bond acceptors (Lipinski definition) is 3. The van der Waals surface area contributed by atoms with E-state index < -0.39 is 0 Å². The summed E-state index contributed by atoms with van der Waals surface area (Å²) in [7, 11) is 2.02. The Labute approximate surface area is 181 Å². The van der Waals surface area contributed by atoms with Crippen LogP contribution in [0.4, 0.5) is 5.69 Å². The Hall–Kier alpha value is -1.57. The van der Waals surface area contributed by atoms with Gasteiger partial charge in [0.2, 0.25) is 0 Å². The summed E-state index contributed by atoms with van der Waals surface area (Å²) in [5.41, 5.74) is 4.88. The van der Waals surface area contributed by atoms with E-state index >= 15 is 0 Å². The molecule has 28 heavy (non-hydrogen) atoms. The van der Waals surface area contributed by atoms with Crippen molar-refractivity contribution in [1.82, 2.24) is 15.2 Å². The first kappa shape index (κ1) is 19.7. The summed E-state index contributed by atoms with van der Waals surface area (Å²) >= 11 is 2.37. The van der Waals surface area contributed by atoms with E-state index in [0.29, 0.717) is 0 Å².